The molecule has 35 heavy (non-hydrogen) atoms. The molecular weight excluding hydrogens is 452 g/mol. The van der Waals surface area contributed by atoms with Crippen LogP contribution in [-0.4, -0.2) is 47.2 Å². The van der Waals surface area contributed by atoms with Crippen LogP contribution in [0, 0.1) is 0 Å². The van der Waals surface area contributed by atoms with Gasteiger partial charge in [-0.15, -0.1) is 0 Å². The fourth-order valence-electron chi connectivity index (χ4n) is 3.24. The lowest BCUT2D eigenvalue weighted by atomic mass is 10.1. The predicted octanol–water partition coefficient (Wildman–Crippen LogP) is 1.23. The Morgan fingerprint density at radius 2 is 1.66 bits per heavy atom. The van der Waals surface area contributed by atoms with E-state index in [9.17, 15) is 19.2 Å². The first-order valence-corrected chi connectivity index (χ1v) is 11.0. The number of para-hydroxylation sites is 1. The molecule has 0 spiro atoms. The molecule has 186 valence electrons. The number of carboxylic acid groups (broad SMARTS) is 1. The molecule has 0 fully saturated rings. The van der Waals surface area contributed by atoms with Gasteiger partial charge < -0.3 is 32.9 Å². The van der Waals surface area contributed by atoms with Crippen LogP contribution in [0.3, 0.4) is 0 Å². The monoisotopic (exact) mass is 482 g/mol. The Hall–Kier alpha value is -4.41. The summed E-state index contributed by atoms with van der Waals surface area (Å²) in [5.41, 5.74) is 18.3. The van der Waals surface area contributed by atoms with E-state index in [4.69, 9.17) is 22.3 Å². The zero-order chi connectivity index (χ0) is 25.8. The zero-order valence-electron chi connectivity index (χ0n) is 19.2. The van der Waals surface area contributed by atoms with Gasteiger partial charge in [0, 0.05) is 36.3 Å². The van der Waals surface area contributed by atoms with Gasteiger partial charge in [0.2, 0.25) is 11.8 Å². The van der Waals surface area contributed by atoms with Crippen molar-refractivity contribution in [1.29, 1.82) is 0 Å². The molecule has 0 aromatic heterocycles. The number of unbranched alkanes of at least 4 members (excludes halogenated alkanes) is 1. The number of nitrogens with one attached hydrogen (secondary N) is 2. The van der Waals surface area contributed by atoms with Gasteiger partial charge in [0.25, 0.3) is 0 Å². The Kier molecular flexibility index (Phi) is 10.2. The third kappa shape index (κ3) is 9.16. The van der Waals surface area contributed by atoms with Crippen molar-refractivity contribution in [3.05, 3.63) is 59.7 Å². The number of aliphatic carboxylic acids is 1. The number of guanidine groups is 1. The molecule has 2 aromatic carbocycles. The third-order valence-corrected chi connectivity index (χ3v) is 5.01. The van der Waals surface area contributed by atoms with Crippen molar-refractivity contribution >= 4 is 40.9 Å². The van der Waals surface area contributed by atoms with Crippen molar-refractivity contribution in [2.45, 2.75) is 38.1 Å². The summed E-state index contributed by atoms with van der Waals surface area (Å²) in [5.74, 6) is -1.71. The lowest BCUT2D eigenvalue weighted by Crippen LogP contribution is -2.37. The molecule has 0 saturated heterocycles. The summed E-state index contributed by atoms with van der Waals surface area (Å²) in [7, 11) is 0. The largest absolute Gasteiger partial charge is 0.481 e. The molecule has 1 atom stereocenters. The van der Waals surface area contributed by atoms with Crippen molar-refractivity contribution in [2.75, 3.05) is 17.2 Å². The normalized spacial score (nSPS) is 13.5. The van der Waals surface area contributed by atoms with E-state index in [1.54, 1.807) is 36.4 Å². The van der Waals surface area contributed by atoms with E-state index in [-0.39, 0.29) is 24.1 Å². The van der Waals surface area contributed by atoms with Crippen molar-refractivity contribution in [3.8, 4) is 0 Å². The maximum Gasteiger partial charge on any atom is 0.303 e. The number of carbonyl (C=O) groups excluding carboxylic acids is 3. The van der Waals surface area contributed by atoms with Gasteiger partial charge in [-0.3, -0.25) is 24.2 Å². The number of hydrogen-bond donors (Lipinski definition) is 6. The predicted molar refractivity (Wildman–Crippen MR) is 133 cm³/mol. The second-order valence-electron chi connectivity index (χ2n) is 7.79. The van der Waals surface area contributed by atoms with E-state index >= 15 is 0 Å². The van der Waals surface area contributed by atoms with Crippen LogP contribution >= 0.6 is 0 Å². The molecule has 1 aliphatic rings. The Balaban J connectivity index is 0.000000279. The number of nitrogens with two attached hydrogens (primary N) is 3. The standard InChI is InChI=1S/C15H22N4O3.C9H8N2O2/c16-15(17)18-10-2-1-3-13(20)19-12-7-4-11(5-8-12)6-9-14(21)22;10-9(13)7-8(12)5-3-1-2-4-6(5)11-7/h4-5,7-8H,1-3,6,9-10H2,(H,19,20)(H,21,22)(H4,16,17,18);1-4,7,11H,(H2,10,13). The Morgan fingerprint density at radius 1 is 0.971 bits per heavy atom. The Bertz CT molecular complexity index is 1080. The second-order valence-corrected chi connectivity index (χ2v) is 7.79. The van der Waals surface area contributed by atoms with Gasteiger partial charge >= 0.3 is 5.97 Å². The molecule has 3 rings (SSSR count). The number of aryl methyl sites for hydroxylation is 1. The van der Waals surface area contributed by atoms with Crippen LogP contribution < -0.4 is 27.8 Å². The van der Waals surface area contributed by atoms with E-state index in [0.29, 0.717) is 42.7 Å². The zero-order valence-corrected chi connectivity index (χ0v) is 19.2. The number of benzene rings is 2. The molecule has 11 nitrogen and oxygen atoms in total. The van der Waals surface area contributed by atoms with E-state index in [0.717, 1.165) is 12.0 Å². The molecule has 2 amide bonds. The Labute approximate surface area is 202 Å². The van der Waals surface area contributed by atoms with Crippen LogP contribution in [0.15, 0.2) is 53.5 Å². The molecule has 1 aliphatic heterocycles. The highest BCUT2D eigenvalue weighted by Crippen LogP contribution is 2.24. The number of hydrogen-bond acceptors (Lipinski definition) is 6. The van der Waals surface area contributed by atoms with Crippen molar-refractivity contribution < 1.29 is 24.3 Å². The van der Waals surface area contributed by atoms with Gasteiger partial charge in [0.1, 0.15) is 0 Å². The van der Waals surface area contributed by atoms with Crippen LogP contribution in [0.4, 0.5) is 11.4 Å². The molecule has 2 aromatic rings. The molecule has 0 saturated carbocycles. The number of nitrogens with zero attached hydrogens (tertiary/aromatic N) is 1. The lowest BCUT2D eigenvalue weighted by molar-refractivity contribution is -0.137. The topological polar surface area (TPSA) is 203 Å². The van der Waals surface area contributed by atoms with Crippen LogP contribution in [0.2, 0.25) is 0 Å². The van der Waals surface area contributed by atoms with Gasteiger partial charge in [-0.25, -0.2) is 0 Å². The molecule has 11 heteroatoms. The van der Waals surface area contributed by atoms with Crippen LogP contribution in [0.25, 0.3) is 0 Å². The minimum atomic E-state index is -0.891. The number of rotatable bonds is 10. The number of fused-ring (bicyclic) bond motifs is 1. The minimum Gasteiger partial charge on any atom is -0.481 e. The van der Waals surface area contributed by atoms with Crippen molar-refractivity contribution in [1.82, 2.24) is 0 Å². The first-order valence-electron chi connectivity index (χ1n) is 11.0. The van der Waals surface area contributed by atoms with Gasteiger partial charge in [-0.2, -0.15) is 0 Å². The van der Waals surface area contributed by atoms with Crippen LogP contribution in [0.1, 0.15) is 41.6 Å². The highest BCUT2D eigenvalue weighted by molar-refractivity contribution is 6.21. The number of primary amides is 1. The number of Topliss-reactive ketones (excluding diaryl/α,β-unsaturated/α-hetero) is 1. The summed E-state index contributed by atoms with van der Waals surface area (Å²) in [4.78, 5) is 48.4. The second kappa shape index (κ2) is 13.3. The molecule has 0 aliphatic carbocycles. The van der Waals surface area contributed by atoms with E-state index < -0.39 is 17.9 Å². The van der Waals surface area contributed by atoms with Gasteiger partial charge in [-0.1, -0.05) is 24.3 Å². The van der Waals surface area contributed by atoms with E-state index in [1.807, 2.05) is 12.1 Å². The highest BCUT2D eigenvalue weighted by atomic mass is 16.4. The molecule has 0 bridgehead atoms. The molecule has 1 unspecified atom stereocenters. The van der Waals surface area contributed by atoms with Crippen LogP contribution in [0.5, 0.6) is 0 Å². The van der Waals surface area contributed by atoms with Crippen LogP contribution in [-0.2, 0) is 20.8 Å². The SMILES string of the molecule is NC(=O)C1Nc2ccccc2C1=O.NC(N)=NCCCCC(=O)Nc1ccc(CCC(=O)O)cc1. The molecule has 0 radical (unpaired) electrons. The quantitative estimate of drug-likeness (QED) is 0.125. The number of ketones is 1. The Morgan fingerprint density at radius 3 is 2.26 bits per heavy atom. The minimum absolute atomic E-state index is 0.0624. The number of anilines is 2. The summed E-state index contributed by atoms with van der Waals surface area (Å²) in [6.07, 6.45) is 2.44. The van der Waals surface area contributed by atoms with E-state index in [2.05, 4.69) is 15.6 Å². The number of carbonyl (C=O) groups is 4. The molecule has 1 heterocycles. The smallest absolute Gasteiger partial charge is 0.303 e. The average molecular weight is 483 g/mol. The maximum absolute atomic E-state index is 11.7. The van der Waals surface area contributed by atoms with E-state index in [1.165, 1.54) is 0 Å². The first kappa shape index (κ1) is 26.8. The highest BCUT2D eigenvalue weighted by Gasteiger charge is 2.33. The van der Waals surface area contributed by atoms with Crippen molar-refractivity contribution in [2.24, 2.45) is 22.2 Å². The maximum atomic E-state index is 11.7. The average Bonchev–Trinajstić information content (AvgIpc) is 3.15. The molecular formula is C24H30N6O5. The fourth-order valence-corrected chi connectivity index (χ4v) is 3.24. The van der Waals surface area contributed by atoms with Gasteiger partial charge in [0.15, 0.2) is 17.8 Å². The molecule has 9 N–H and O–H groups in total. The summed E-state index contributed by atoms with van der Waals surface area (Å²) in [5, 5.41) is 14.2. The number of aliphatic imine (C=N–C) groups is 1. The lowest BCUT2D eigenvalue weighted by Gasteiger charge is -2.06. The number of amides is 2. The van der Waals surface area contributed by atoms with Gasteiger partial charge in [-0.05, 0) is 49.1 Å². The van der Waals surface area contributed by atoms with Crippen molar-refractivity contribution in [3.63, 3.8) is 0 Å². The van der Waals surface area contributed by atoms with Gasteiger partial charge in [0.05, 0.1) is 0 Å². The summed E-state index contributed by atoms with van der Waals surface area (Å²) in [6, 6.07) is 13.3. The summed E-state index contributed by atoms with van der Waals surface area (Å²) < 4.78 is 0. The fraction of sp³-hybridized carbons (Fsp3) is 0.292. The summed E-state index contributed by atoms with van der Waals surface area (Å²) in [6.45, 7) is 0.522. The first-order chi connectivity index (χ1) is 16.7. The third-order valence-electron chi connectivity index (χ3n) is 5.01. The summed E-state index contributed by atoms with van der Waals surface area (Å²) >= 11 is 0. The number of carboxylic acids is 1.